The normalized spacial score (nSPS) is 14.4. The molecule has 28 heavy (non-hydrogen) atoms. The van der Waals surface area contributed by atoms with Crippen LogP contribution < -0.4 is 20.7 Å². The van der Waals surface area contributed by atoms with E-state index in [2.05, 4.69) is 16.0 Å². The zero-order chi connectivity index (χ0) is 19.8. The molecule has 3 rings (SSSR count). The Labute approximate surface area is 169 Å². The quantitative estimate of drug-likeness (QED) is 0.692. The maximum Gasteiger partial charge on any atom is 0.321 e. The van der Waals surface area contributed by atoms with Gasteiger partial charge in [-0.3, -0.25) is 0 Å². The van der Waals surface area contributed by atoms with Crippen LogP contribution in [0.1, 0.15) is 17.7 Å². The molecule has 0 unspecified atom stereocenters. The van der Waals surface area contributed by atoms with Crippen molar-refractivity contribution in [1.29, 1.82) is 0 Å². The summed E-state index contributed by atoms with van der Waals surface area (Å²) in [6, 6.07) is 11.1. The third-order valence-electron chi connectivity index (χ3n) is 4.80. The maximum atomic E-state index is 12.5. The van der Waals surface area contributed by atoms with Gasteiger partial charge in [-0.05, 0) is 42.3 Å². The Balaban J connectivity index is 1.37. The average molecular weight is 403 g/mol. The first-order chi connectivity index (χ1) is 13.7. The molecule has 7 nitrogen and oxygen atoms in total. The number of benzene rings is 1. The number of hydrogen-bond acceptors (Lipinski definition) is 4. The summed E-state index contributed by atoms with van der Waals surface area (Å²) in [7, 11) is 1.58. The Morgan fingerprint density at radius 1 is 1.14 bits per heavy atom. The van der Waals surface area contributed by atoms with Gasteiger partial charge in [-0.15, -0.1) is 11.3 Å². The van der Waals surface area contributed by atoms with E-state index in [9.17, 15) is 9.59 Å². The van der Waals surface area contributed by atoms with E-state index < -0.39 is 0 Å². The zero-order valence-corrected chi connectivity index (χ0v) is 16.8. The van der Waals surface area contributed by atoms with Gasteiger partial charge in [-0.1, -0.05) is 18.2 Å². The summed E-state index contributed by atoms with van der Waals surface area (Å²) in [5.74, 6) is 1.02. The number of ether oxygens (including phenoxy) is 1. The second-order valence-electron chi connectivity index (χ2n) is 6.70. The minimum Gasteiger partial charge on any atom is -0.495 e. The van der Waals surface area contributed by atoms with Crippen LogP contribution in [0, 0.1) is 5.92 Å². The van der Waals surface area contributed by atoms with Crippen LogP contribution in [0.15, 0.2) is 41.8 Å². The van der Waals surface area contributed by atoms with E-state index in [1.807, 2.05) is 41.8 Å². The van der Waals surface area contributed by atoms with Crippen molar-refractivity contribution >= 4 is 29.1 Å². The maximum absolute atomic E-state index is 12.5. The van der Waals surface area contributed by atoms with E-state index in [1.54, 1.807) is 23.3 Å². The molecule has 0 radical (unpaired) electrons. The molecule has 0 bridgehead atoms. The number of thiophene rings is 1. The molecule has 2 aromatic rings. The molecule has 150 valence electrons. The Morgan fingerprint density at radius 2 is 1.93 bits per heavy atom. The summed E-state index contributed by atoms with van der Waals surface area (Å²) in [5.41, 5.74) is 0.668. The van der Waals surface area contributed by atoms with Crippen molar-refractivity contribution < 1.29 is 14.3 Å². The molecule has 1 fully saturated rings. The van der Waals surface area contributed by atoms with Gasteiger partial charge in [0, 0.05) is 24.5 Å². The van der Waals surface area contributed by atoms with Gasteiger partial charge in [0.25, 0.3) is 0 Å². The number of nitrogens with zero attached hydrogens (tertiary/aromatic N) is 1. The number of amides is 4. The molecule has 2 heterocycles. The molecule has 1 aliphatic heterocycles. The van der Waals surface area contributed by atoms with Gasteiger partial charge < -0.3 is 25.6 Å². The van der Waals surface area contributed by atoms with Gasteiger partial charge in [-0.2, -0.15) is 0 Å². The first kappa shape index (κ1) is 20.0. The third-order valence-corrected chi connectivity index (χ3v) is 5.68. The van der Waals surface area contributed by atoms with Crippen LogP contribution in [-0.4, -0.2) is 43.7 Å². The molecule has 1 aliphatic rings. The Bertz CT molecular complexity index is 774. The lowest BCUT2D eigenvalue weighted by atomic mass is 9.97. The summed E-state index contributed by atoms with van der Waals surface area (Å²) in [6.45, 7) is 2.51. The molecular weight excluding hydrogens is 376 g/mol. The summed E-state index contributed by atoms with van der Waals surface area (Å²) >= 11 is 1.62. The first-order valence-corrected chi connectivity index (χ1v) is 10.3. The van der Waals surface area contributed by atoms with Gasteiger partial charge in [0.15, 0.2) is 0 Å². The molecule has 3 N–H and O–H groups in total. The molecule has 0 spiro atoms. The monoisotopic (exact) mass is 402 g/mol. The van der Waals surface area contributed by atoms with E-state index in [1.165, 1.54) is 0 Å². The molecule has 0 atom stereocenters. The van der Waals surface area contributed by atoms with Gasteiger partial charge in [0.2, 0.25) is 0 Å². The number of carbonyl (C=O) groups is 2. The molecule has 4 amide bonds. The number of carbonyl (C=O) groups excluding carboxylic acids is 2. The lowest BCUT2D eigenvalue weighted by Gasteiger charge is -2.32. The first-order valence-electron chi connectivity index (χ1n) is 9.38. The fourth-order valence-electron chi connectivity index (χ4n) is 3.16. The van der Waals surface area contributed by atoms with Crippen molar-refractivity contribution in [2.24, 2.45) is 5.92 Å². The Kier molecular flexibility index (Phi) is 7.13. The van der Waals surface area contributed by atoms with E-state index in [0.717, 1.165) is 17.7 Å². The standard InChI is InChI=1S/C20H26N4O3S/c1-27-18-7-3-2-6-17(18)23-20(26)24-10-8-15(9-11-24)13-21-19(25)22-14-16-5-4-12-28-16/h2-7,12,15H,8-11,13-14H2,1H3,(H,23,26)(H2,21,22,25). The molecule has 1 aromatic heterocycles. The predicted molar refractivity (Wildman–Crippen MR) is 111 cm³/mol. The minimum atomic E-state index is -0.148. The van der Waals surface area contributed by atoms with E-state index >= 15 is 0 Å². The van der Waals surface area contributed by atoms with Crippen LogP contribution in [0.3, 0.4) is 0 Å². The van der Waals surface area contributed by atoms with Gasteiger partial charge in [-0.25, -0.2) is 9.59 Å². The lowest BCUT2D eigenvalue weighted by molar-refractivity contribution is 0.180. The van der Waals surface area contributed by atoms with E-state index in [0.29, 0.717) is 43.5 Å². The van der Waals surface area contributed by atoms with E-state index in [-0.39, 0.29) is 12.1 Å². The summed E-state index contributed by atoms with van der Waals surface area (Å²) < 4.78 is 5.27. The van der Waals surface area contributed by atoms with Crippen molar-refractivity contribution in [3.8, 4) is 5.75 Å². The zero-order valence-electron chi connectivity index (χ0n) is 15.9. The van der Waals surface area contributed by atoms with Crippen molar-refractivity contribution in [3.05, 3.63) is 46.7 Å². The minimum absolute atomic E-state index is 0.121. The topological polar surface area (TPSA) is 82.7 Å². The molecule has 1 aromatic carbocycles. The molecular formula is C20H26N4O3S. The summed E-state index contributed by atoms with van der Waals surface area (Å²) in [5, 5.41) is 10.7. The highest BCUT2D eigenvalue weighted by atomic mass is 32.1. The highest BCUT2D eigenvalue weighted by Crippen LogP contribution is 2.24. The van der Waals surface area contributed by atoms with Crippen LogP contribution in [0.4, 0.5) is 15.3 Å². The van der Waals surface area contributed by atoms with Crippen molar-refractivity contribution in [1.82, 2.24) is 15.5 Å². The van der Waals surface area contributed by atoms with Crippen LogP contribution in [0.5, 0.6) is 5.75 Å². The molecule has 8 heteroatoms. The van der Waals surface area contributed by atoms with Crippen LogP contribution in [0.25, 0.3) is 0 Å². The molecule has 1 saturated heterocycles. The van der Waals surface area contributed by atoms with Crippen LogP contribution in [-0.2, 0) is 6.54 Å². The highest BCUT2D eigenvalue weighted by molar-refractivity contribution is 7.09. The molecule has 0 aliphatic carbocycles. The second-order valence-corrected chi connectivity index (χ2v) is 7.74. The van der Waals surface area contributed by atoms with Crippen molar-refractivity contribution in [3.63, 3.8) is 0 Å². The number of anilines is 1. The highest BCUT2D eigenvalue weighted by Gasteiger charge is 2.23. The van der Waals surface area contributed by atoms with Gasteiger partial charge in [0.05, 0.1) is 19.3 Å². The van der Waals surface area contributed by atoms with Crippen LogP contribution >= 0.6 is 11.3 Å². The summed E-state index contributed by atoms with van der Waals surface area (Å²) in [6.07, 6.45) is 1.73. The largest absolute Gasteiger partial charge is 0.495 e. The SMILES string of the molecule is COc1ccccc1NC(=O)N1CCC(CNC(=O)NCc2cccs2)CC1. The van der Waals surface area contributed by atoms with Crippen molar-refractivity contribution in [2.45, 2.75) is 19.4 Å². The lowest BCUT2D eigenvalue weighted by Crippen LogP contribution is -2.44. The second kappa shape index (κ2) is 9.98. The number of rotatable bonds is 6. The third kappa shape index (κ3) is 5.63. The number of para-hydroxylation sites is 2. The van der Waals surface area contributed by atoms with Crippen LogP contribution in [0.2, 0.25) is 0 Å². The number of piperidine rings is 1. The predicted octanol–water partition coefficient (Wildman–Crippen LogP) is 3.50. The smallest absolute Gasteiger partial charge is 0.321 e. The van der Waals surface area contributed by atoms with Gasteiger partial charge in [0.1, 0.15) is 5.75 Å². The van der Waals surface area contributed by atoms with Crippen molar-refractivity contribution in [2.75, 3.05) is 32.1 Å². The Hall–Kier alpha value is -2.74. The number of methoxy groups -OCH3 is 1. The average Bonchev–Trinajstić information content (AvgIpc) is 3.25. The number of likely N-dealkylation sites (tertiary alicyclic amines) is 1. The van der Waals surface area contributed by atoms with E-state index in [4.69, 9.17) is 4.74 Å². The summed E-state index contributed by atoms with van der Waals surface area (Å²) in [4.78, 5) is 27.3. The Morgan fingerprint density at radius 3 is 2.64 bits per heavy atom. The van der Waals surface area contributed by atoms with Gasteiger partial charge >= 0.3 is 12.1 Å². The molecule has 0 saturated carbocycles. The number of hydrogen-bond donors (Lipinski definition) is 3. The number of urea groups is 2. The fourth-order valence-corrected chi connectivity index (χ4v) is 3.81. The fraction of sp³-hybridized carbons (Fsp3) is 0.400. The number of nitrogens with one attached hydrogen (secondary N) is 3.